The molecule has 0 aliphatic carbocycles. The highest BCUT2D eigenvalue weighted by atomic mass is 14.6. The van der Waals surface area contributed by atoms with Crippen LogP contribution in [0.3, 0.4) is 0 Å². The van der Waals surface area contributed by atoms with Gasteiger partial charge in [0, 0.05) is 37.2 Å². The zero-order chi connectivity index (χ0) is 20.9. The summed E-state index contributed by atoms with van der Waals surface area (Å²) >= 11 is 0. The standard InChI is InChI=1S/C27H27N3/c1-19-25(16-22-4-10-28-11-5-22)20(2)27(18-24-8-14-30-15-9-24)21(3)26(19)17-23-6-12-29-13-7-23/h4-15H,16-18H2,1-3H3. The Morgan fingerprint density at radius 3 is 0.900 bits per heavy atom. The van der Waals surface area contributed by atoms with Crippen molar-refractivity contribution in [2.24, 2.45) is 0 Å². The Hall–Kier alpha value is -3.33. The Morgan fingerprint density at radius 2 is 0.667 bits per heavy atom. The molecule has 3 heterocycles. The van der Waals surface area contributed by atoms with Crippen LogP contribution in [0.1, 0.15) is 50.1 Å². The van der Waals surface area contributed by atoms with Crippen LogP contribution in [0.2, 0.25) is 0 Å². The minimum atomic E-state index is 0.924. The molecular weight excluding hydrogens is 366 g/mol. The fourth-order valence-corrected chi connectivity index (χ4v) is 4.30. The predicted octanol–water partition coefficient (Wildman–Crippen LogP) is 5.57. The van der Waals surface area contributed by atoms with E-state index in [1.165, 1.54) is 50.1 Å². The van der Waals surface area contributed by atoms with E-state index in [2.05, 4.69) is 72.1 Å². The highest BCUT2D eigenvalue weighted by Gasteiger charge is 2.18. The van der Waals surface area contributed by atoms with Crippen molar-refractivity contribution >= 4 is 0 Å². The average molecular weight is 394 g/mol. The Morgan fingerprint density at radius 1 is 0.433 bits per heavy atom. The first-order valence-corrected chi connectivity index (χ1v) is 10.4. The molecule has 0 unspecified atom stereocenters. The normalized spacial score (nSPS) is 10.9. The van der Waals surface area contributed by atoms with Crippen molar-refractivity contribution in [3.8, 4) is 0 Å². The molecule has 0 bridgehead atoms. The van der Waals surface area contributed by atoms with Crippen molar-refractivity contribution in [2.75, 3.05) is 0 Å². The lowest BCUT2D eigenvalue weighted by molar-refractivity contribution is 0.993. The maximum absolute atomic E-state index is 4.18. The van der Waals surface area contributed by atoms with E-state index in [1.54, 1.807) is 0 Å². The van der Waals surface area contributed by atoms with Gasteiger partial charge >= 0.3 is 0 Å². The van der Waals surface area contributed by atoms with Gasteiger partial charge in [0.1, 0.15) is 0 Å². The van der Waals surface area contributed by atoms with E-state index in [9.17, 15) is 0 Å². The van der Waals surface area contributed by atoms with Crippen LogP contribution >= 0.6 is 0 Å². The lowest BCUT2D eigenvalue weighted by Gasteiger charge is -2.23. The second-order valence-corrected chi connectivity index (χ2v) is 7.91. The highest BCUT2D eigenvalue weighted by Crippen LogP contribution is 2.32. The summed E-state index contributed by atoms with van der Waals surface area (Å²) in [6, 6.07) is 12.7. The zero-order valence-corrected chi connectivity index (χ0v) is 17.9. The van der Waals surface area contributed by atoms with Crippen molar-refractivity contribution < 1.29 is 0 Å². The molecule has 0 radical (unpaired) electrons. The van der Waals surface area contributed by atoms with Crippen LogP contribution < -0.4 is 0 Å². The van der Waals surface area contributed by atoms with Crippen LogP contribution in [0.25, 0.3) is 0 Å². The van der Waals surface area contributed by atoms with Gasteiger partial charge in [-0.05, 0) is 127 Å². The molecule has 3 heteroatoms. The van der Waals surface area contributed by atoms with Gasteiger partial charge in [0.05, 0.1) is 0 Å². The zero-order valence-electron chi connectivity index (χ0n) is 17.9. The SMILES string of the molecule is Cc1c(Cc2ccncc2)c(C)c(Cc2ccncc2)c(C)c1Cc1ccncc1. The van der Waals surface area contributed by atoms with Crippen LogP contribution in [-0.4, -0.2) is 15.0 Å². The van der Waals surface area contributed by atoms with Crippen LogP contribution in [0.15, 0.2) is 73.6 Å². The molecule has 4 aromatic rings. The van der Waals surface area contributed by atoms with Crippen molar-refractivity contribution in [1.82, 2.24) is 15.0 Å². The third-order valence-electron chi connectivity index (χ3n) is 6.11. The molecule has 150 valence electrons. The molecule has 3 aromatic heterocycles. The van der Waals surface area contributed by atoms with Crippen molar-refractivity contribution in [1.29, 1.82) is 0 Å². The summed E-state index contributed by atoms with van der Waals surface area (Å²) in [7, 11) is 0. The van der Waals surface area contributed by atoms with E-state index in [-0.39, 0.29) is 0 Å². The van der Waals surface area contributed by atoms with Gasteiger partial charge < -0.3 is 0 Å². The number of benzene rings is 1. The van der Waals surface area contributed by atoms with Crippen LogP contribution in [-0.2, 0) is 19.3 Å². The predicted molar refractivity (Wildman–Crippen MR) is 122 cm³/mol. The summed E-state index contributed by atoms with van der Waals surface area (Å²) in [6.45, 7) is 6.84. The maximum atomic E-state index is 4.18. The quantitative estimate of drug-likeness (QED) is 0.430. The third-order valence-corrected chi connectivity index (χ3v) is 6.11. The summed E-state index contributed by atoms with van der Waals surface area (Å²) in [4.78, 5) is 12.5. The molecule has 0 spiro atoms. The monoisotopic (exact) mass is 393 g/mol. The van der Waals surface area contributed by atoms with Gasteiger partial charge in [-0.2, -0.15) is 0 Å². The first-order valence-electron chi connectivity index (χ1n) is 10.4. The molecule has 0 saturated heterocycles. The van der Waals surface area contributed by atoms with Gasteiger partial charge in [-0.15, -0.1) is 0 Å². The molecule has 0 aliphatic rings. The highest BCUT2D eigenvalue weighted by molar-refractivity contribution is 5.54. The molecular formula is C27H27N3. The van der Waals surface area contributed by atoms with E-state index in [0.717, 1.165) is 19.3 Å². The second-order valence-electron chi connectivity index (χ2n) is 7.91. The van der Waals surface area contributed by atoms with Gasteiger partial charge in [-0.25, -0.2) is 0 Å². The molecule has 4 rings (SSSR count). The van der Waals surface area contributed by atoms with Gasteiger partial charge in [0.2, 0.25) is 0 Å². The van der Waals surface area contributed by atoms with E-state index >= 15 is 0 Å². The van der Waals surface area contributed by atoms with E-state index in [1.807, 2.05) is 37.2 Å². The molecule has 0 fully saturated rings. The summed E-state index contributed by atoms with van der Waals surface area (Å²) in [5.41, 5.74) is 12.4. The second kappa shape index (κ2) is 9.00. The van der Waals surface area contributed by atoms with Crippen LogP contribution in [0.4, 0.5) is 0 Å². The van der Waals surface area contributed by atoms with E-state index in [0.29, 0.717) is 0 Å². The van der Waals surface area contributed by atoms with Crippen molar-refractivity contribution in [3.63, 3.8) is 0 Å². The number of nitrogens with zero attached hydrogens (tertiary/aromatic N) is 3. The summed E-state index contributed by atoms with van der Waals surface area (Å²) in [6.07, 6.45) is 14.0. The Balaban J connectivity index is 1.83. The molecule has 0 aliphatic heterocycles. The molecule has 30 heavy (non-hydrogen) atoms. The van der Waals surface area contributed by atoms with Crippen LogP contribution in [0, 0.1) is 20.8 Å². The van der Waals surface area contributed by atoms with E-state index < -0.39 is 0 Å². The largest absolute Gasteiger partial charge is 0.265 e. The first-order chi connectivity index (χ1) is 14.6. The van der Waals surface area contributed by atoms with E-state index in [4.69, 9.17) is 0 Å². The van der Waals surface area contributed by atoms with Gasteiger partial charge in [-0.1, -0.05) is 0 Å². The average Bonchev–Trinajstić information content (AvgIpc) is 2.79. The smallest absolute Gasteiger partial charge is 0.0270 e. The fourth-order valence-electron chi connectivity index (χ4n) is 4.30. The number of hydrogen-bond donors (Lipinski definition) is 0. The minimum absolute atomic E-state index is 0.924. The molecule has 0 saturated carbocycles. The van der Waals surface area contributed by atoms with Crippen molar-refractivity contribution in [2.45, 2.75) is 40.0 Å². The molecule has 1 aromatic carbocycles. The lowest BCUT2D eigenvalue weighted by Crippen LogP contribution is -2.09. The first kappa shape index (κ1) is 20.0. The third kappa shape index (κ3) is 4.30. The van der Waals surface area contributed by atoms with Gasteiger partial charge in [-0.3, -0.25) is 15.0 Å². The summed E-state index contributed by atoms with van der Waals surface area (Å²) in [5.74, 6) is 0. The fraction of sp³-hybridized carbons (Fsp3) is 0.222. The maximum Gasteiger partial charge on any atom is 0.0270 e. The lowest BCUT2D eigenvalue weighted by atomic mass is 9.82. The molecule has 0 amide bonds. The number of pyridine rings is 3. The van der Waals surface area contributed by atoms with Gasteiger partial charge in [0.15, 0.2) is 0 Å². The number of hydrogen-bond acceptors (Lipinski definition) is 3. The Bertz CT molecular complexity index is 954. The summed E-state index contributed by atoms with van der Waals surface area (Å²) < 4.78 is 0. The van der Waals surface area contributed by atoms with Crippen molar-refractivity contribution in [3.05, 3.63) is 124 Å². The van der Waals surface area contributed by atoms with Gasteiger partial charge in [0.25, 0.3) is 0 Å². The summed E-state index contributed by atoms with van der Waals surface area (Å²) in [5, 5.41) is 0. The van der Waals surface area contributed by atoms with Crippen LogP contribution in [0.5, 0.6) is 0 Å². The number of aromatic nitrogens is 3. The Labute approximate surface area is 178 Å². The minimum Gasteiger partial charge on any atom is -0.265 e. The molecule has 0 N–H and O–H groups in total. The Kier molecular flexibility index (Phi) is 5.99. The molecule has 3 nitrogen and oxygen atoms in total. The topological polar surface area (TPSA) is 38.7 Å². The number of rotatable bonds is 6. The molecule has 0 atom stereocenters.